The number of pyridine rings is 1. The van der Waals surface area contributed by atoms with Crippen LogP contribution in [0.5, 0.6) is 0 Å². The molecule has 6 nitrogen and oxygen atoms in total. The van der Waals surface area contributed by atoms with Gasteiger partial charge in [0.2, 0.25) is 0 Å². The van der Waals surface area contributed by atoms with Crippen molar-refractivity contribution < 1.29 is 0 Å². The Morgan fingerprint density at radius 3 is 2.72 bits per heavy atom. The Labute approximate surface area is 105 Å². The molecule has 1 N–H and O–H groups in total. The molecule has 0 unspecified atom stereocenters. The standard InChI is InChI=1S/C12H16N6/c1-18-16-11(15-17-18)12(5-8-13-9-6-12)10-4-2-3-7-14-10/h2-4,7,13H,5-6,8-9H2,1H3. The van der Waals surface area contributed by atoms with Gasteiger partial charge in [-0.25, -0.2) is 0 Å². The van der Waals surface area contributed by atoms with Gasteiger partial charge in [0, 0.05) is 6.20 Å². The SMILES string of the molecule is Cn1nnc(C2(c3ccccn3)CCNCC2)n1. The summed E-state index contributed by atoms with van der Waals surface area (Å²) in [5.41, 5.74) is 0.848. The number of aryl methyl sites for hydroxylation is 1. The highest BCUT2D eigenvalue weighted by Crippen LogP contribution is 2.36. The Bertz CT molecular complexity index is 514. The van der Waals surface area contributed by atoms with E-state index in [1.807, 2.05) is 18.3 Å². The molecule has 6 heteroatoms. The van der Waals surface area contributed by atoms with E-state index in [2.05, 4.69) is 31.8 Å². The van der Waals surface area contributed by atoms with Crippen molar-refractivity contribution >= 4 is 0 Å². The van der Waals surface area contributed by atoms with Crippen molar-refractivity contribution in [1.82, 2.24) is 30.5 Å². The van der Waals surface area contributed by atoms with E-state index < -0.39 is 0 Å². The lowest BCUT2D eigenvalue weighted by molar-refractivity contribution is 0.337. The second kappa shape index (κ2) is 4.45. The Morgan fingerprint density at radius 2 is 2.11 bits per heavy atom. The zero-order chi connectivity index (χ0) is 12.4. The molecule has 2 aromatic heterocycles. The van der Waals surface area contributed by atoms with E-state index in [1.165, 1.54) is 4.80 Å². The van der Waals surface area contributed by atoms with Crippen LogP contribution < -0.4 is 5.32 Å². The highest BCUT2D eigenvalue weighted by molar-refractivity contribution is 5.27. The molecule has 0 saturated carbocycles. The van der Waals surface area contributed by atoms with Gasteiger partial charge in [0.25, 0.3) is 0 Å². The lowest BCUT2D eigenvalue weighted by atomic mass is 9.75. The molecule has 0 aromatic carbocycles. The van der Waals surface area contributed by atoms with Gasteiger partial charge in [0.1, 0.15) is 0 Å². The first-order chi connectivity index (χ1) is 8.81. The molecule has 0 radical (unpaired) electrons. The van der Waals surface area contributed by atoms with Crippen LogP contribution in [0.15, 0.2) is 24.4 Å². The molecule has 3 rings (SSSR count). The lowest BCUT2D eigenvalue weighted by Gasteiger charge is -2.34. The first kappa shape index (κ1) is 11.3. The lowest BCUT2D eigenvalue weighted by Crippen LogP contribution is -2.42. The summed E-state index contributed by atoms with van der Waals surface area (Å²) in [6, 6.07) is 6.01. The summed E-state index contributed by atoms with van der Waals surface area (Å²) >= 11 is 0. The van der Waals surface area contributed by atoms with Crippen LogP contribution in [0.1, 0.15) is 24.4 Å². The fraction of sp³-hybridized carbons (Fsp3) is 0.500. The van der Waals surface area contributed by atoms with Crippen LogP contribution in [0.2, 0.25) is 0 Å². The zero-order valence-corrected chi connectivity index (χ0v) is 10.4. The zero-order valence-electron chi connectivity index (χ0n) is 10.4. The highest BCUT2D eigenvalue weighted by Gasteiger charge is 2.40. The maximum absolute atomic E-state index is 4.52. The fourth-order valence-corrected chi connectivity index (χ4v) is 2.57. The number of nitrogens with zero attached hydrogens (tertiary/aromatic N) is 5. The maximum atomic E-state index is 4.52. The molecule has 1 aliphatic rings. The Hall–Kier alpha value is -1.82. The largest absolute Gasteiger partial charge is 0.317 e. The smallest absolute Gasteiger partial charge is 0.186 e. The highest BCUT2D eigenvalue weighted by atomic mass is 15.6. The normalized spacial score (nSPS) is 18.7. The molecule has 1 fully saturated rings. The Balaban J connectivity index is 2.09. The molecule has 18 heavy (non-hydrogen) atoms. The molecule has 0 aliphatic carbocycles. The van der Waals surface area contributed by atoms with Crippen LogP contribution in [0.25, 0.3) is 0 Å². The predicted molar refractivity (Wildman–Crippen MR) is 65.9 cm³/mol. The van der Waals surface area contributed by atoms with Gasteiger partial charge in [0.05, 0.1) is 18.2 Å². The summed E-state index contributed by atoms with van der Waals surface area (Å²) in [4.78, 5) is 6.03. The number of hydrogen-bond acceptors (Lipinski definition) is 5. The minimum absolute atomic E-state index is 0.194. The molecule has 0 amide bonds. The van der Waals surface area contributed by atoms with Crippen LogP contribution in [0.4, 0.5) is 0 Å². The Kier molecular flexibility index (Phi) is 2.79. The monoisotopic (exact) mass is 244 g/mol. The molecule has 94 valence electrons. The first-order valence-corrected chi connectivity index (χ1v) is 6.18. The van der Waals surface area contributed by atoms with Crippen molar-refractivity contribution in [3.05, 3.63) is 35.9 Å². The van der Waals surface area contributed by atoms with Crippen molar-refractivity contribution in [2.45, 2.75) is 18.3 Å². The average molecular weight is 244 g/mol. The third kappa shape index (κ3) is 1.78. The first-order valence-electron chi connectivity index (χ1n) is 6.18. The van der Waals surface area contributed by atoms with Crippen LogP contribution in [0, 0.1) is 0 Å². The van der Waals surface area contributed by atoms with E-state index in [-0.39, 0.29) is 5.41 Å². The summed E-state index contributed by atoms with van der Waals surface area (Å²) in [6.45, 7) is 1.91. The number of hydrogen-bond donors (Lipinski definition) is 1. The summed E-state index contributed by atoms with van der Waals surface area (Å²) < 4.78 is 0. The van der Waals surface area contributed by atoms with E-state index in [1.54, 1.807) is 7.05 Å². The minimum Gasteiger partial charge on any atom is -0.317 e. The quantitative estimate of drug-likeness (QED) is 0.821. The van der Waals surface area contributed by atoms with Crippen LogP contribution in [-0.2, 0) is 12.5 Å². The molecule has 1 saturated heterocycles. The second-order valence-electron chi connectivity index (χ2n) is 4.65. The molecule has 3 heterocycles. The molecule has 2 aromatic rings. The van der Waals surface area contributed by atoms with E-state index in [4.69, 9.17) is 0 Å². The van der Waals surface area contributed by atoms with Gasteiger partial charge >= 0.3 is 0 Å². The second-order valence-corrected chi connectivity index (χ2v) is 4.65. The van der Waals surface area contributed by atoms with Crippen LogP contribution in [-0.4, -0.2) is 38.3 Å². The molecular weight excluding hydrogens is 228 g/mol. The van der Waals surface area contributed by atoms with Crippen molar-refractivity contribution in [1.29, 1.82) is 0 Å². The summed E-state index contributed by atoms with van der Waals surface area (Å²) in [5, 5.41) is 16.0. The summed E-state index contributed by atoms with van der Waals surface area (Å²) in [5.74, 6) is 0.783. The fourth-order valence-electron chi connectivity index (χ4n) is 2.57. The van der Waals surface area contributed by atoms with Gasteiger partial charge in [0.15, 0.2) is 5.82 Å². The van der Waals surface area contributed by atoms with E-state index in [0.29, 0.717) is 0 Å². The molecule has 1 aliphatic heterocycles. The summed E-state index contributed by atoms with van der Waals surface area (Å²) in [7, 11) is 1.80. The number of piperidine rings is 1. The van der Waals surface area contributed by atoms with Gasteiger partial charge in [-0.2, -0.15) is 4.80 Å². The van der Waals surface area contributed by atoms with E-state index in [0.717, 1.165) is 37.4 Å². The van der Waals surface area contributed by atoms with Crippen molar-refractivity contribution in [3.8, 4) is 0 Å². The summed E-state index contributed by atoms with van der Waals surface area (Å²) in [6.07, 6.45) is 3.74. The third-order valence-electron chi connectivity index (χ3n) is 3.55. The molecule has 0 bridgehead atoms. The van der Waals surface area contributed by atoms with Gasteiger partial charge in [-0.3, -0.25) is 4.98 Å². The van der Waals surface area contributed by atoms with E-state index in [9.17, 15) is 0 Å². The van der Waals surface area contributed by atoms with Crippen LogP contribution in [0.3, 0.4) is 0 Å². The average Bonchev–Trinajstić information content (AvgIpc) is 2.88. The van der Waals surface area contributed by atoms with Gasteiger partial charge in [-0.15, -0.1) is 10.2 Å². The minimum atomic E-state index is -0.194. The van der Waals surface area contributed by atoms with Gasteiger partial charge in [-0.1, -0.05) is 6.07 Å². The van der Waals surface area contributed by atoms with Gasteiger partial charge in [-0.05, 0) is 43.3 Å². The predicted octanol–water partition coefficient (Wildman–Crippen LogP) is 0.275. The van der Waals surface area contributed by atoms with Crippen molar-refractivity contribution in [3.63, 3.8) is 0 Å². The number of nitrogens with one attached hydrogen (secondary N) is 1. The van der Waals surface area contributed by atoms with Gasteiger partial charge < -0.3 is 5.32 Å². The van der Waals surface area contributed by atoms with E-state index >= 15 is 0 Å². The van der Waals surface area contributed by atoms with Crippen molar-refractivity contribution in [2.24, 2.45) is 7.05 Å². The molecule has 0 spiro atoms. The third-order valence-corrected chi connectivity index (χ3v) is 3.55. The topological polar surface area (TPSA) is 68.5 Å². The van der Waals surface area contributed by atoms with Crippen molar-refractivity contribution in [2.75, 3.05) is 13.1 Å². The maximum Gasteiger partial charge on any atom is 0.186 e. The van der Waals surface area contributed by atoms with Crippen LogP contribution >= 0.6 is 0 Å². The number of tetrazole rings is 1. The number of aromatic nitrogens is 5. The molecule has 0 atom stereocenters. The number of rotatable bonds is 2. The molecular formula is C12H16N6. The Morgan fingerprint density at radius 1 is 1.28 bits per heavy atom.